The van der Waals surface area contributed by atoms with Crippen molar-refractivity contribution >= 4 is 15.9 Å². The molecule has 6 heteroatoms. The lowest BCUT2D eigenvalue weighted by Gasteiger charge is -2.12. The number of hydrogen-bond donors (Lipinski definition) is 1. The van der Waals surface area contributed by atoms with E-state index in [0.29, 0.717) is 5.56 Å². The summed E-state index contributed by atoms with van der Waals surface area (Å²) >= 11 is 2.94. The molecule has 0 amide bonds. The maximum Gasteiger partial charge on any atom is 0.270 e. The zero-order chi connectivity index (χ0) is 10.7. The molecule has 0 unspecified atom stereocenters. The zero-order valence-corrected chi connectivity index (χ0v) is 9.01. The SMILES string of the molecule is COc1c(CN)cnc(Br)c1C(F)F. The smallest absolute Gasteiger partial charge is 0.270 e. The molecule has 0 radical (unpaired) electrons. The Hall–Kier alpha value is -0.750. The van der Waals surface area contributed by atoms with E-state index in [1.165, 1.54) is 13.3 Å². The monoisotopic (exact) mass is 266 g/mol. The Bertz CT molecular complexity index is 333. The first kappa shape index (κ1) is 11.3. The average Bonchev–Trinajstić information content (AvgIpc) is 2.16. The number of halogens is 3. The normalized spacial score (nSPS) is 10.7. The summed E-state index contributed by atoms with van der Waals surface area (Å²) in [5.74, 6) is 0.101. The van der Waals surface area contributed by atoms with E-state index < -0.39 is 6.43 Å². The summed E-state index contributed by atoms with van der Waals surface area (Å²) in [4.78, 5) is 3.76. The van der Waals surface area contributed by atoms with Crippen molar-refractivity contribution in [1.82, 2.24) is 4.98 Å². The fraction of sp³-hybridized carbons (Fsp3) is 0.375. The van der Waals surface area contributed by atoms with Gasteiger partial charge in [-0.2, -0.15) is 0 Å². The summed E-state index contributed by atoms with van der Waals surface area (Å²) < 4.78 is 30.2. The summed E-state index contributed by atoms with van der Waals surface area (Å²) in [6.07, 6.45) is -1.23. The maximum atomic E-state index is 12.6. The van der Waals surface area contributed by atoms with Crippen molar-refractivity contribution in [2.45, 2.75) is 13.0 Å². The van der Waals surface area contributed by atoms with E-state index in [4.69, 9.17) is 10.5 Å². The van der Waals surface area contributed by atoms with Gasteiger partial charge in [-0.1, -0.05) is 0 Å². The lowest BCUT2D eigenvalue weighted by atomic mass is 10.2. The van der Waals surface area contributed by atoms with Crippen molar-refractivity contribution in [3.63, 3.8) is 0 Å². The van der Waals surface area contributed by atoms with E-state index in [1.54, 1.807) is 0 Å². The van der Waals surface area contributed by atoms with Crippen LogP contribution < -0.4 is 10.5 Å². The molecule has 14 heavy (non-hydrogen) atoms. The molecule has 1 aromatic rings. The van der Waals surface area contributed by atoms with E-state index in [9.17, 15) is 8.78 Å². The molecule has 1 rings (SSSR count). The van der Waals surface area contributed by atoms with E-state index in [2.05, 4.69) is 20.9 Å². The Morgan fingerprint density at radius 1 is 1.64 bits per heavy atom. The second-order valence-electron chi connectivity index (χ2n) is 2.53. The minimum atomic E-state index is -2.64. The fourth-order valence-electron chi connectivity index (χ4n) is 1.11. The summed E-state index contributed by atoms with van der Waals surface area (Å²) in [7, 11) is 1.33. The van der Waals surface area contributed by atoms with E-state index in [1.807, 2.05) is 0 Å². The van der Waals surface area contributed by atoms with Gasteiger partial charge in [-0.05, 0) is 15.9 Å². The van der Waals surface area contributed by atoms with Gasteiger partial charge in [-0.3, -0.25) is 0 Å². The average molecular weight is 267 g/mol. The topological polar surface area (TPSA) is 48.1 Å². The van der Waals surface area contributed by atoms with Crippen molar-refractivity contribution in [2.75, 3.05) is 7.11 Å². The molecule has 3 nitrogen and oxygen atoms in total. The lowest BCUT2D eigenvalue weighted by Crippen LogP contribution is -2.05. The quantitative estimate of drug-likeness (QED) is 0.854. The third kappa shape index (κ3) is 2.01. The van der Waals surface area contributed by atoms with Crippen LogP contribution in [0.5, 0.6) is 5.75 Å². The summed E-state index contributed by atoms with van der Waals surface area (Å²) in [5.41, 5.74) is 5.57. The number of methoxy groups -OCH3 is 1. The van der Waals surface area contributed by atoms with Crippen LogP contribution in [-0.4, -0.2) is 12.1 Å². The molecule has 0 fully saturated rings. The lowest BCUT2D eigenvalue weighted by molar-refractivity contribution is 0.145. The van der Waals surface area contributed by atoms with E-state index in [-0.39, 0.29) is 22.5 Å². The van der Waals surface area contributed by atoms with Gasteiger partial charge in [0.2, 0.25) is 0 Å². The molecule has 0 aliphatic heterocycles. The molecule has 0 aliphatic rings. The summed E-state index contributed by atoms with van der Waals surface area (Å²) in [6, 6.07) is 0. The molecule has 2 N–H and O–H groups in total. The first-order valence-electron chi connectivity index (χ1n) is 3.81. The Morgan fingerprint density at radius 3 is 2.71 bits per heavy atom. The molecule has 0 bridgehead atoms. The summed E-state index contributed by atoms with van der Waals surface area (Å²) in [5, 5.41) is 0. The van der Waals surface area contributed by atoms with Crippen LogP contribution >= 0.6 is 15.9 Å². The molecule has 78 valence electrons. The molecule has 0 saturated carbocycles. The Labute approximate surface area is 88.4 Å². The van der Waals surface area contributed by atoms with Crippen LogP contribution in [0.3, 0.4) is 0 Å². The standard InChI is InChI=1S/C8H9BrF2N2O/c1-14-6-4(2-12)3-13-7(9)5(6)8(10)11/h3,8H,2,12H2,1H3. The first-order chi connectivity index (χ1) is 6.61. The number of pyridine rings is 1. The van der Waals surface area contributed by atoms with E-state index >= 15 is 0 Å². The number of aromatic nitrogens is 1. The molecule has 1 heterocycles. The molecule has 1 aromatic heterocycles. The van der Waals surface area contributed by atoms with Gasteiger partial charge in [-0.25, -0.2) is 13.8 Å². The second-order valence-corrected chi connectivity index (χ2v) is 3.28. The van der Waals surface area contributed by atoms with Crippen LogP contribution in [0.15, 0.2) is 10.8 Å². The van der Waals surface area contributed by atoms with Gasteiger partial charge >= 0.3 is 0 Å². The number of nitrogens with zero attached hydrogens (tertiary/aromatic N) is 1. The molecule has 0 saturated heterocycles. The van der Waals surface area contributed by atoms with Crippen LogP contribution in [0.4, 0.5) is 8.78 Å². The first-order valence-corrected chi connectivity index (χ1v) is 4.60. The summed E-state index contributed by atoms with van der Waals surface area (Å²) in [6.45, 7) is 0.114. The number of alkyl halides is 2. The largest absolute Gasteiger partial charge is 0.496 e. The van der Waals surface area contributed by atoms with Crippen molar-refractivity contribution in [1.29, 1.82) is 0 Å². The third-order valence-electron chi connectivity index (χ3n) is 1.73. The van der Waals surface area contributed by atoms with Crippen LogP contribution in [-0.2, 0) is 6.54 Å². The number of rotatable bonds is 3. The maximum absolute atomic E-state index is 12.6. The molecular weight excluding hydrogens is 258 g/mol. The van der Waals surface area contributed by atoms with E-state index in [0.717, 1.165) is 0 Å². The van der Waals surface area contributed by atoms with Crippen molar-refractivity contribution in [3.05, 3.63) is 21.9 Å². The predicted octanol–water partition coefficient (Wildman–Crippen LogP) is 2.25. The van der Waals surface area contributed by atoms with Crippen LogP contribution in [0, 0.1) is 0 Å². The Morgan fingerprint density at radius 2 is 2.29 bits per heavy atom. The molecular formula is C8H9BrF2N2O. The van der Waals surface area contributed by atoms with Gasteiger partial charge in [0.1, 0.15) is 10.4 Å². The number of nitrogens with two attached hydrogens (primary N) is 1. The zero-order valence-electron chi connectivity index (χ0n) is 7.43. The highest BCUT2D eigenvalue weighted by Gasteiger charge is 2.21. The third-order valence-corrected chi connectivity index (χ3v) is 2.37. The van der Waals surface area contributed by atoms with Crippen LogP contribution in [0.25, 0.3) is 0 Å². The number of hydrogen-bond acceptors (Lipinski definition) is 3. The minimum Gasteiger partial charge on any atom is -0.496 e. The molecule has 0 atom stereocenters. The van der Waals surface area contributed by atoms with Crippen molar-refractivity contribution in [3.8, 4) is 5.75 Å². The second kappa shape index (κ2) is 4.65. The Kier molecular flexibility index (Phi) is 3.77. The fourth-order valence-corrected chi connectivity index (χ4v) is 1.56. The van der Waals surface area contributed by atoms with Gasteiger partial charge in [0.15, 0.2) is 0 Å². The van der Waals surface area contributed by atoms with Gasteiger partial charge in [0.25, 0.3) is 6.43 Å². The van der Waals surface area contributed by atoms with Crippen molar-refractivity contribution < 1.29 is 13.5 Å². The van der Waals surface area contributed by atoms with Gasteiger partial charge in [0, 0.05) is 18.3 Å². The molecule has 0 aromatic carbocycles. The van der Waals surface area contributed by atoms with Gasteiger partial charge < -0.3 is 10.5 Å². The highest BCUT2D eigenvalue weighted by Crippen LogP contribution is 2.36. The minimum absolute atomic E-state index is 0.0848. The predicted molar refractivity (Wildman–Crippen MR) is 51.3 cm³/mol. The number of ether oxygens (including phenoxy) is 1. The Balaban J connectivity index is 3.35. The molecule has 0 aliphatic carbocycles. The highest BCUT2D eigenvalue weighted by molar-refractivity contribution is 9.10. The highest BCUT2D eigenvalue weighted by atomic mass is 79.9. The van der Waals surface area contributed by atoms with Crippen LogP contribution in [0.1, 0.15) is 17.6 Å². The van der Waals surface area contributed by atoms with Gasteiger partial charge in [-0.15, -0.1) is 0 Å². The molecule has 0 spiro atoms. The van der Waals surface area contributed by atoms with Crippen LogP contribution in [0.2, 0.25) is 0 Å². The van der Waals surface area contributed by atoms with Gasteiger partial charge in [0.05, 0.1) is 12.7 Å². The van der Waals surface area contributed by atoms with Crippen molar-refractivity contribution in [2.24, 2.45) is 5.73 Å².